The number of aromatic nitrogens is 4. The van der Waals surface area contributed by atoms with Gasteiger partial charge in [-0.05, 0) is 37.7 Å². The van der Waals surface area contributed by atoms with Crippen LogP contribution < -0.4 is 5.10 Å². The molecule has 3 heterocycles. The summed E-state index contributed by atoms with van der Waals surface area (Å²) in [5.41, 5.74) is 4.27. The zero-order chi connectivity index (χ0) is 19.2. The molecule has 4 aromatic rings. The Balaban J connectivity index is 0.000000198. The maximum atomic E-state index is 13.4. The molecule has 3 aromatic heterocycles. The summed E-state index contributed by atoms with van der Waals surface area (Å²) in [4.78, 5) is 8.17. The fourth-order valence-corrected chi connectivity index (χ4v) is 2.34. The molecule has 0 saturated heterocycles. The van der Waals surface area contributed by atoms with Crippen LogP contribution in [0.15, 0.2) is 60.9 Å². The van der Waals surface area contributed by atoms with Crippen molar-refractivity contribution in [2.75, 3.05) is 0 Å². The number of rotatable bonds is 2. The molecule has 0 aliphatic rings. The number of nitrogens with zero attached hydrogens (tertiary/aromatic N) is 4. The van der Waals surface area contributed by atoms with Crippen molar-refractivity contribution in [3.05, 3.63) is 89.9 Å². The minimum absolute atomic E-state index is 0. The van der Waals surface area contributed by atoms with Gasteiger partial charge in [0.1, 0.15) is 0 Å². The first-order valence-corrected chi connectivity index (χ1v) is 8.21. The Morgan fingerprint density at radius 2 is 1.71 bits per heavy atom. The molecular formula is C21H16F2IrN4-2. The van der Waals surface area contributed by atoms with E-state index in [9.17, 15) is 8.78 Å². The smallest absolute Gasteiger partial charge is 0.0494 e. The van der Waals surface area contributed by atoms with Crippen LogP contribution in [-0.2, 0) is 20.1 Å². The first kappa shape index (κ1) is 21.5. The van der Waals surface area contributed by atoms with Crippen molar-refractivity contribution in [2.45, 2.75) is 13.8 Å². The van der Waals surface area contributed by atoms with Crippen LogP contribution in [0.2, 0.25) is 0 Å². The van der Waals surface area contributed by atoms with Gasteiger partial charge in [-0.2, -0.15) is 0 Å². The van der Waals surface area contributed by atoms with Gasteiger partial charge in [-0.25, -0.2) is 0 Å². The predicted octanol–water partition coefficient (Wildman–Crippen LogP) is 4.54. The second-order valence-corrected chi connectivity index (χ2v) is 5.85. The van der Waals surface area contributed by atoms with E-state index in [1.165, 1.54) is 0 Å². The monoisotopic (exact) mass is 555 g/mol. The molecule has 0 amide bonds. The molecule has 0 atom stereocenters. The van der Waals surface area contributed by atoms with Crippen LogP contribution in [0.4, 0.5) is 8.78 Å². The van der Waals surface area contributed by atoms with Crippen molar-refractivity contribution in [2.24, 2.45) is 0 Å². The number of hydrogen-bond donors (Lipinski definition) is 0. The molecule has 0 fully saturated rings. The summed E-state index contributed by atoms with van der Waals surface area (Å²) in [6, 6.07) is 15.7. The average molecular weight is 555 g/mol. The molecule has 1 radical (unpaired) electrons. The zero-order valence-corrected chi connectivity index (χ0v) is 17.5. The van der Waals surface area contributed by atoms with E-state index in [-0.39, 0.29) is 25.7 Å². The normalized spacial score (nSPS) is 9.86. The number of halogens is 2. The van der Waals surface area contributed by atoms with E-state index in [4.69, 9.17) is 0 Å². The number of hydrogen-bond acceptors (Lipinski definition) is 3. The molecule has 4 nitrogen and oxygen atoms in total. The zero-order valence-electron chi connectivity index (χ0n) is 15.2. The molecule has 4 rings (SSSR count). The van der Waals surface area contributed by atoms with Crippen molar-refractivity contribution in [1.29, 1.82) is 0 Å². The summed E-state index contributed by atoms with van der Waals surface area (Å²) in [6.45, 7) is 3.80. The van der Waals surface area contributed by atoms with Crippen molar-refractivity contribution >= 4 is 0 Å². The van der Waals surface area contributed by atoms with E-state index in [2.05, 4.69) is 26.2 Å². The van der Waals surface area contributed by atoms with Gasteiger partial charge >= 0.3 is 0 Å². The third-order valence-electron chi connectivity index (χ3n) is 3.62. The van der Waals surface area contributed by atoms with Crippen LogP contribution in [0.3, 0.4) is 0 Å². The van der Waals surface area contributed by atoms with Gasteiger partial charge in [0.25, 0.3) is 0 Å². The minimum atomic E-state index is -0.645. The van der Waals surface area contributed by atoms with Crippen molar-refractivity contribution in [3.63, 3.8) is 0 Å². The summed E-state index contributed by atoms with van der Waals surface area (Å²) < 4.78 is 26.0. The Morgan fingerprint density at radius 3 is 2.32 bits per heavy atom. The van der Waals surface area contributed by atoms with E-state index in [1.807, 2.05) is 44.2 Å². The third kappa shape index (κ3) is 5.62. The predicted molar refractivity (Wildman–Crippen MR) is 98.7 cm³/mol. The summed E-state index contributed by atoms with van der Waals surface area (Å²) in [6.07, 6.45) is 3.33. The second kappa shape index (κ2) is 9.97. The number of pyridine rings is 2. The summed E-state index contributed by atoms with van der Waals surface area (Å²) in [7, 11) is 0. The summed E-state index contributed by atoms with van der Waals surface area (Å²) >= 11 is 0. The van der Waals surface area contributed by atoms with Crippen molar-refractivity contribution in [1.82, 2.24) is 20.2 Å². The molecule has 0 unspecified atom stereocenters. The number of benzene rings is 1. The van der Waals surface area contributed by atoms with Gasteiger partial charge in [0, 0.05) is 55.5 Å². The second-order valence-electron chi connectivity index (χ2n) is 5.85. The van der Waals surface area contributed by atoms with Gasteiger partial charge in [-0.3, -0.25) is 13.8 Å². The molecule has 0 aliphatic heterocycles. The van der Waals surface area contributed by atoms with E-state index in [0.717, 1.165) is 34.8 Å². The van der Waals surface area contributed by atoms with Crippen LogP contribution in [0, 0.1) is 31.5 Å². The van der Waals surface area contributed by atoms with E-state index in [1.54, 1.807) is 18.5 Å². The van der Waals surface area contributed by atoms with Gasteiger partial charge in [0.15, 0.2) is 0 Å². The maximum Gasteiger partial charge on any atom is 0.0494 e. The molecular weight excluding hydrogens is 538 g/mol. The Labute approximate surface area is 175 Å². The molecule has 145 valence electrons. The summed E-state index contributed by atoms with van der Waals surface area (Å²) in [5, 5.41) is 7.88. The minimum Gasteiger partial charge on any atom is -0.574 e. The fourth-order valence-electron chi connectivity index (χ4n) is 2.34. The Morgan fingerprint density at radius 1 is 0.929 bits per heavy atom. The van der Waals surface area contributed by atoms with Crippen LogP contribution in [0.1, 0.15) is 11.3 Å². The average Bonchev–Trinajstić information content (AvgIpc) is 3.09. The standard InChI is InChI=1S/C12H8F2N.C9H8N3.Ir/c1-8-4-5-15-12(6-8)10-3-2-9(13)7-11(10)14;1-7-6-9(12-11-7)8-4-2-3-5-10-8;/h2,4-7H,1H3;2-6H,1H3;/q2*-1;. The van der Waals surface area contributed by atoms with E-state index >= 15 is 0 Å². The topological polar surface area (TPSA) is 52.8 Å². The third-order valence-corrected chi connectivity index (χ3v) is 3.62. The molecule has 0 saturated carbocycles. The van der Waals surface area contributed by atoms with Crippen molar-refractivity contribution in [3.8, 4) is 22.6 Å². The van der Waals surface area contributed by atoms with Crippen LogP contribution in [0.25, 0.3) is 22.6 Å². The van der Waals surface area contributed by atoms with Gasteiger partial charge < -0.3 is 15.2 Å². The molecule has 0 bridgehead atoms. The first-order valence-electron chi connectivity index (χ1n) is 8.21. The van der Waals surface area contributed by atoms with Crippen LogP contribution >= 0.6 is 0 Å². The van der Waals surface area contributed by atoms with Crippen molar-refractivity contribution < 1.29 is 28.9 Å². The molecule has 0 spiro atoms. The molecule has 7 heteroatoms. The molecule has 0 N–H and O–H groups in total. The quantitative estimate of drug-likeness (QED) is 0.342. The SMILES string of the molecule is Cc1cc(-c2ccccn2)[n-]n1.Cc1ccnc(-c2[c-]cc(F)cc2F)c1.[Ir]. The maximum absolute atomic E-state index is 13.4. The van der Waals surface area contributed by atoms with Gasteiger partial charge in [-0.15, -0.1) is 12.1 Å². The Kier molecular flexibility index (Phi) is 7.67. The largest absolute Gasteiger partial charge is 0.574 e. The summed E-state index contributed by atoms with van der Waals surface area (Å²) in [5.74, 6) is -1.28. The van der Waals surface area contributed by atoms with Gasteiger partial charge in [0.2, 0.25) is 0 Å². The Hall–Kier alpha value is -2.76. The van der Waals surface area contributed by atoms with Gasteiger partial charge in [0.05, 0.1) is 0 Å². The van der Waals surface area contributed by atoms with E-state index in [0.29, 0.717) is 5.69 Å². The van der Waals surface area contributed by atoms with Crippen LogP contribution in [0.5, 0.6) is 0 Å². The molecule has 0 aliphatic carbocycles. The van der Waals surface area contributed by atoms with Crippen LogP contribution in [-0.4, -0.2) is 15.1 Å². The molecule has 28 heavy (non-hydrogen) atoms. The fraction of sp³-hybridized carbons (Fsp3) is 0.0952. The first-order chi connectivity index (χ1) is 13.0. The van der Waals surface area contributed by atoms with Gasteiger partial charge in [-0.1, -0.05) is 41.1 Å². The molecule has 1 aromatic carbocycles. The Bertz CT molecular complexity index is 1040. The number of aryl methyl sites for hydroxylation is 2. The van der Waals surface area contributed by atoms with E-state index < -0.39 is 11.6 Å².